The largest absolute Gasteiger partial charge is 0.357 e. The molecule has 0 aliphatic carbocycles. The molecule has 1 aromatic rings. The maximum Gasteiger partial charge on any atom is 0.191 e. The van der Waals surface area contributed by atoms with Gasteiger partial charge in [0.25, 0.3) is 0 Å². The van der Waals surface area contributed by atoms with Crippen LogP contribution in [0.25, 0.3) is 0 Å². The molecule has 22 heavy (non-hydrogen) atoms. The summed E-state index contributed by atoms with van der Waals surface area (Å²) in [5, 5.41) is 10.8. The second-order valence-electron chi connectivity index (χ2n) is 6.47. The molecule has 0 aromatic carbocycles. The molecular weight excluding hydrogens is 276 g/mol. The maximum absolute atomic E-state index is 4.59. The second-order valence-corrected chi connectivity index (χ2v) is 6.47. The molecule has 0 atom stereocenters. The Balaban J connectivity index is 2.51. The Kier molecular flexibility index (Phi) is 7.91. The zero-order chi connectivity index (χ0) is 16.4. The number of nitrogens with zero attached hydrogens (tertiary/aromatic N) is 4. The average Bonchev–Trinajstić information content (AvgIpc) is 2.87. The molecule has 6 heteroatoms. The summed E-state index contributed by atoms with van der Waals surface area (Å²) in [7, 11) is 1.88. The van der Waals surface area contributed by atoms with E-state index in [9.17, 15) is 0 Å². The van der Waals surface area contributed by atoms with Crippen LogP contribution in [-0.4, -0.2) is 33.8 Å². The van der Waals surface area contributed by atoms with Crippen LogP contribution in [0.1, 0.15) is 59.2 Å². The van der Waals surface area contributed by atoms with Gasteiger partial charge >= 0.3 is 0 Å². The zero-order valence-electron chi connectivity index (χ0n) is 14.8. The summed E-state index contributed by atoms with van der Waals surface area (Å²) >= 11 is 0. The van der Waals surface area contributed by atoms with Crippen molar-refractivity contribution in [1.29, 1.82) is 0 Å². The number of hydrogen-bond acceptors (Lipinski definition) is 3. The Bertz CT molecular complexity index is 449. The Morgan fingerprint density at radius 1 is 1.27 bits per heavy atom. The van der Waals surface area contributed by atoms with Crippen LogP contribution in [0.5, 0.6) is 0 Å². The molecule has 126 valence electrons. The molecule has 0 saturated carbocycles. The van der Waals surface area contributed by atoms with E-state index in [1.54, 1.807) is 11.0 Å². The molecule has 0 radical (unpaired) electrons. The summed E-state index contributed by atoms with van der Waals surface area (Å²) in [6.45, 7) is 11.2. The Labute approximate surface area is 134 Å². The summed E-state index contributed by atoms with van der Waals surface area (Å²) in [6.07, 6.45) is 6.66. The van der Waals surface area contributed by atoms with Gasteiger partial charge < -0.3 is 10.6 Å². The first-order valence-electron chi connectivity index (χ1n) is 8.33. The second kappa shape index (κ2) is 9.43. The lowest BCUT2D eigenvalue weighted by molar-refractivity contribution is 0.318. The molecule has 0 spiro atoms. The van der Waals surface area contributed by atoms with Crippen LogP contribution in [0.3, 0.4) is 0 Å². The molecule has 6 nitrogen and oxygen atoms in total. The molecule has 1 aromatic heterocycles. The van der Waals surface area contributed by atoms with Crippen LogP contribution in [0.4, 0.5) is 0 Å². The third-order valence-corrected chi connectivity index (χ3v) is 3.72. The third-order valence-electron chi connectivity index (χ3n) is 3.72. The lowest BCUT2D eigenvalue weighted by atomic mass is 9.87. The van der Waals surface area contributed by atoms with Gasteiger partial charge in [0.15, 0.2) is 5.96 Å². The van der Waals surface area contributed by atoms with Crippen molar-refractivity contribution in [2.45, 2.75) is 59.9 Å². The van der Waals surface area contributed by atoms with E-state index in [4.69, 9.17) is 0 Å². The summed E-state index contributed by atoms with van der Waals surface area (Å²) < 4.78 is 1.75. The van der Waals surface area contributed by atoms with Gasteiger partial charge in [0.1, 0.15) is 18.7 Å². The van der Waals surface area contributed by atoms with E-state index >= 15 is 0 Å². The molecule has 0 aliphatic heterocycles. The Morgan fingerprint density at radius 3 is 2.64 bits per heavy atom. The number of nitrogens with one attached hydrogen (secondary N) is 2. The maximum atomic E-state index is 4.59. The van der Waals surface area contributed by atoms with Gasteiger partial charge in [0.2, 0.25) is 0 Å². The highest BCUT2D eigenvalue weighted by atomic mass is 15.3. The van der Waals surface area contributed by atoms with Crippen molar-refractivity contribution in [2.75, 3.05) is 13.1 Å². The Hall–Kier alpha value is -1.59. The van der Waals surface area contributed by atoms with Crippen molar-refractivity contribution >= 4 is 5.96 Å². The lowest BCUT2D eigenvalue weighted by Gasteiger charge is -2.26. The van der Waals surface area contributed by atoms with Gasteiger partial charge in [0.05, 0.1) is 0 Å². The molecule has 0 bridgehead atoms. The number of aromatic nitrogens is 3. The third kappa shape index (κ3) is 6.91. The molecule has 1 heterocycles. The van der Waals surface area contributed by atoms with Gasteiger partial charge in [0, 0.05) is 20.1 Å². The quantitative estimate of drug-likeness (QED) is 0.418. The first-order valence-corrected chi connectivity index (χ1v) is 8.33. The standard InChI is InChI=1S/C16H32N6/c1-6-8-9-10-16(3,4)12-19-15(17-7-2)18-11-14-20-13-21-22(14)5/h13H,6-12H2,1-5H3,(H2,17,18,19). The van der Waals surface area contributed by atoms with Crippen LogP contribution >= 0.6 is 0 Å². The number of rotatable bonds is 9. The SMILES string of the molecule is CCCCCC(C)(C)CNC(=NCc1ncnn1C)NCC. The van der Waals surface area contributed by atoms with E-state index in [1.807, 2.05) is 7.05 Å². The summed E-state index contributed by atoms with van der Waals surface area (Å²) in [5.74, 6) is 1.70. The van der Waals surface area contributed by atoms with Crippen LogP contribution in [0.2, 0.25) is 0 Å². The normalized spacial score (nSPS) is 12.5. The lowest BCUT2D eigenvalue weighted by Crippen LogP contribution is -2.42. The van der Waals surface area contributed by atoms with Crippen molar-refractivity contribution in [3.05, 3.63) is 12.2 Å². The fraction of sp³-hybridized carbons (Fsp3) is 0.812. The molecule has 0 amide bonds. The molecule has 0 saturated heterocycles. The van der Waals surface area contributed by atoms with Gasteiger partial charge in [-0.25, -0.2) is 9.98 Å². The van der Waals surface area contributed by atoms with Crippen molar-refractivity contribution in [3.63, 3.8) is 0 Å². The van der Waals surface area contributed by atoms with Crippen molar-refractivity contribution in [2.24, 2.45) is 17.5 Å². The van der Waals surface area contributed by atoms with E-state index in [2.05, 4.69) is 53.4 Å². The van der Waals surface area contributed by atoms with Crippen molar-refractivity contribution in [1.82, 2.24) is 25.4 Å². The summed E-state index contributed by atoms with van der Waals surface area (Å²) in [5.41, 5.74) is 0.274. The number of aryl methyl sites for hydroxylation is 1. The van der Waals surface area contributed by atoms with E-state index < -0.39 is 0 Å². The minimum atomic E-state index is 0.274. The summed E-state index contributed by atoms with van der Waals surface area (Å²) in [6, 6.07) is 0. The van der Waals surface area contributed by atoms with Crippen molar-refractivity contribution in [3.8, 4) is 0 Å². The van der Waals surface area contributed by atoms with Gasteiger partial charge in [-0.15, -0.1) is 0 Å². The predicted molar refractivity (Wildman–Crippen MR) is 91.7 cm³/mol. The minimum Gasteiger partial charge on any atom is -0.357 e. The average molecular weight is 308 g/mol. The van der Waals surface area contributed by atoms with Gasteiger partial charge in [-0.05, 0) is 18.8 Å². The first kappa shape index (κ1) is 18.5. The molecule has 0 fully saturated rings. The first-order chi connectivity index (χ1) is 10.5. The van der Waals surface area contributed by atoms with E-state index in [-0.39, 0.29) is 5.41 Å². The minimum absolute atomic E-state index is 0.274. The topological polar surface area (TPSA) is 67.1 Å². The molecule has 2 N–H and O–H groups in total. The van der Waals surface area contributed by atoms with Crippen LogP contribution in [0.15, 0.2) is 11.3 Å². The van der Waals surface area contributed by atoms with Gasteiger partial charge in [-0.1, -0.05) is 40.0 Å². The van der Waals surface area contributed by atoms with Crippen LogP contribution < -0.4 is 10.6 Å². The van der Waals surface area contributed by atoms with E-state index in [0.29, 0.717) is 6.54 Å². The molecule has 0 unspecified atom stereocenters. The zero-order valence-corrected chi connectivity index (χ0v) is 14.8. The fourth-order valence-corrected chi connectivity index (χ4v) is 2.22. The van der Waals surface area contributed by atoms with E-state index in [0.717, 1.165) is 24.9 Å². The Morgan fingerprint density at radius 2 is 2.05 bits per heavy atom. The van der Waals surface area contributed by atoms with Crippen LogP contribution in [0, 0.1) is 5.41 Å². The number of aliphatic imine (C=N–C) groups is 1. The summed E-state index contributed by atoms with van der Waals surface area (Å²) in [4.78, 5) is 8.78. The predicted octanol–water partition coefficient (Wildman–Crippen LogP) is 2.48. The van der Waals surface area contributed by atoms with Gasteiger partial charge in [-0.3, -0.25) is 4.68 Å². The highest BCUT2D eigenvalue weighted by molar-refractivity contribution is 5.79. The van der Waals surface area contributed by atoms with Crippen molar-refractivity contribution < 1.29 is 0 Å². The highest BCUT2D eigenvalue weighted by Gasteiger charge is 2.17. The van der Waals surface area contributed by atoms with Crippen LogP contribution in [-0.2, 0) is 13.6 Å². The highest BCUT2D eigenvalue weighted by Crippen LogP contribution is 2.22. The number of guanidine groups is 1. The molecular formula is C16H32N6. The molecule has 0 aliphatic rings. The smallest absolute Gasteiger partial charge is 0.191 e. The fourth-order valence-electron chi connectivity index (χ4n) is 2.22. The molecule has 1 rings (SSSR count). The van der Waals surface area contributed by atoms with E-state index in [1.165, 1.54) is 25.7 Å². The number of hydrogen-bond donors (Lipinski definition) is 2. The van der Waals surface area contributed by atoms with Gasteiger partial charge in [-0.2, -0.15) is 5.10 Å². The number of unbranched alkanes of at least 4 members (excludes halogenated alkanes) is 2. The monoisotopic (exact) mass is 308 g/mol.